The number of carboxylic acid groups (broad SMARTS) is 1. The molecule has 7 atom stereocenters. The number of hydrogen-bond donors (Lipinski definition) is 15. The molecule has 25 heteroatoms. The van der Waals surface area contributed by atoms with E-state index < -0.39 is 119 Å². The number of H-pyrrole nitrogens is 1. The van der Waals surface area contributed by atoms with Crippen molar-refractivity contribution < 1.29 is 63.3 Å². The van der Waals surface area contributed by atoms with Crippen LogP contribution in [-0.4, -0.2) is 140 Å². The zero-order valence-corrected chi connectivity index (χ0v) is 47.0. The second kappa shape index (κ2) is 29.8. The molecule has 444 valence electrons. The molecule has 0 spiro atoms. The fourth-order valence-corrected chi connectivity index (χ4v) is 9.11. The molecule has 1 aliphatic rings. The van der Waals surface area contributed by atoms with Gasteiger partial charge in [-0.05, 0) is 106 Å². The van der Waals surface area contributed by atoms with Crippen LogP contribution in [0.1, 0.15) is 103 Å². The molecular formula is C57H78N12O13. The number of para-hydroxylation sites is 1. The van der Waals surface area contributed by atoms with E-state index in [1.807, 2.05) is 45.0 Å². The van der Waals surface area contributed by atoms with Crippen molar-refractivity contribution in [3.8, 4) is 11.5 Å². The van der Waals surface area contributed by atoms with Gasteiger partial charge in [-0.1, -0.05) is 63.2 Å². The van der Waals surface area contributed by atoms with E-state index in [2.05, 4.69) is 53.0 Å². The highest BCUT2D eigenvalue weighted by Crippen LogP contribution is 2.22. The second-order valence-electron chi connectivity index (χ2n) is 22.4. The number of nitrogens with two attached hydrogens (primary N) is 1. The molecule has 0 bridgehead atoms. The van der Waals surface area contributed by atoms with Crippen molar-refractivity contribution in [2.24, 2.45) is 11.1 Å². The molecule has 0 radical (unpaired) electrons. The number of carbonyl (C=O) groups excluding carboxylic acids is 8. The Morgan fingerprint density at radius 3 is 1.90 bits per heavy atom. The second-order valence-corrected chi connectivity index (χ2v) is 22.4. The van der Waals surface area contributed by atoms with Gasteiger partial charge in [0, 0.05) is 54.0 Å². The average molecular weight is 1140 g/mol. The molecule has 1 aromatic heterocycles. The third kappa shape index (κ3) is 20.8. The summed E-state index contributed by atoms with van der Waals surface area (Å²) in [6.07, 6.45) is 0.0273. The van der Waals surface area contributed by atoms with E-state index in [0.717, 1.165) is 16.5 Å². The first-order valence-electron chi connectivity index (χ1n) is 27.1. The van der Waals surface area contributed by atoms with E-state index >= 15 is 0 Å². The van der Waals surface area contributed by atoms with Gasteiger partial charge in [0.15, 0.2) is 11.7 Å². The molecule has 6 amide bonds. The molecule has 25 nitrogen and oxygen atoms in total. The maximum Gasteiger partial charge on any atom is 0.327 e. The summed E-state index contributed by atoms with van der Waals surface area (Å²) >= 11 is 0. The predicted molar refractivity (Wildman–Crippen MR) is 302 cm³/mol. The van der Waals surface area contributed by atoms with Crippen LogP contribution in [0.5, 0.6) is 11.5 Å². The summed E-state index contributed by atoms with van der Waals surface area (Å²) in [5.74, 6) is -8.90. The number of Topliss-reactive ketones (excluding diaryl/α,β-unsaturated/α-hetero) is 1. The Bertz CT molecular complexity index is 2900. The van der Waals surface area contributed by atoms with Crippen LogP contribution in [0, 0.1) is 10.8 Å². The van der Waals surface area contributed by atoms with Crippen LogP contribution in [0.2, 0.25) is 0 Å². The fourth-order valence-electron chi connectivity index (χ4n) is 9.11. The van der Waals surface area contributed by atoms with E-state index in [9.17, 15) is 58.5 Å². The van der Waals surface area contributed by atoms with Gasteiger partial charge in [-0.3, -0.25) is 48.6 Å². The molecule has 0 saturated carbocycles. The Labute approximate surface area is 475 Å². The van der Waals surface area contributed by atoms with Crippen molar-refractivity contribution in [3.05, 3.63) is 95.7 Å². The summed E-state index contributed by atoms with van der Waals surface area (Å²) in [6, 6.07) is 8.75. The highest BCUT2D eigenvalue weighted by molar-refractivity contribution is 5.99. The SMILES string of the molecule is CC(C)(C)N[C@@H](Cc1c[nH]c2ccccc12)C(=O)N[C@H]1CC(=O)ONCCCCC(C(=O)N[C@@H](CC(=O)O)C(=O)C(C)(C)C)NC(=O)[C@H](Cc2ccc(O)cc2)NC(=O)[C@H](Cc2ccc(O)cc2)NC(=O)[C@H](CCCNC(=N)N)NC1=O. The first-order chi connectivity index (χ1) is 38.6. The minimum absolute atomic E-state index is 0.0396. The lowest BCUT2D eigenvalue weighted by Crippen LogP contribution is -2.61. The van der Waals surface area contributed by atoms with Crippen LogP contribution in [-0.2, 0) is 67.3 Å². The topological polar surface area (TPSA) is 397 Å². The number of aromatic nitrogens is 1. The van der Waals surface area contributed by atoms with E-state index in [0.29, 0.717) is 11.1 Å². The molecule has 82 heavy (non-hydrogen) atoms. The number of hydroxylamine groups is 1. The van der Waals surface area contributed by atoms with Crippen LogP contribution in [0.15, 0.2) is 79.0 Å². The fraction of sp³-hybridized carbons (Fsp3) is 0.474. The summed E-state index contributed by atoms with van der Waals surface area (Å²) in [5, 5.41) is 60.4. The Morgan fingerprint density at radius 1 is 0.756 bits per heavy atom. The van der Waals surface area contributed by atoms with Gasteiger partial charge in [0.2, 0.25) is 35.4 Å². The smallest absolute Gasteiger partial charge is 0.327 e. The average Bonchev–Trinajstić information content (AvgIpc) is 3.98. The molecule has 4 aromatic rings. The zero-order valence-electron chi connectivity index (χ0n) is 47.0. The van der Waals surface area contributed by atoms with Crippen molar-refractivity contribution >= 4 is 70.0 Å². The van der Waals surface area contributed by atoms with Gasteiger partial charge in [0.1, 0.15) is 41.7 Å². The molecule has 16 N–H and O–H groups in total. The predicted octanol–water partition coefficient (Wildman–Crippen LogP) is 1.25. The molecule has 5 rings (SSSR count). The van der Waals surface area contributed by atoms with E-state index in [1.165, 1.54) is 48.5 Å². The minimum atomic E-state index is -1.67. The molecule has 3 aromatic carbocycles. The van der Waals surface area contributed by atoms with Crippen molar-refractivity contribution in [3.63, 3.8) is 0 Å². The monoisotopic (exact) mass is 1140 g/mol. The molecular weight excluding hydrogens is 1060 g/mol. The lowest BCUT2D eigenvalue weighted by Gasteiger charge is -2.30. The number of ketones is 1. The molecule has 1 saturated heterocycles. The summed E-state index contributed by atoms with van der Waals surface area (Å²) in [5.41, 5.74) is 8.82. The van der Waals surface area contributed by atoms with E-state index in [-0.39, 0.29) is 81.9 Å². The van der Waals surface area contributed by atoms with Crippen LogP contribution < -0.4 is 53.7 Å². The summed E-state index contributed by atoms with van der Waals surface area (Å²) in [6.45, 7) is 10.2. The van der Waals surface area contributed by atoms with Gasteiger partial charge in [-0.15, -0.1) is 0 Å². The van der Waals surface area contributed by atoms with Crippen LogP contribution >= 0.6 is 0 Å². The quantitative estimate of drug-likeness (QED) is 0.0379. The minimum Gasteiger partial charge on any atom is -0.508 e. The van der Waals surface area contributed by atoms with Gasteiger partial charge in [0.25, 0.3) is 0 Å². The van der Waals surface area contributed by atoms with Gasteiger partial charge in [-0.25, -0.2) is 0 Å². The number of benzene rings is 3. The number of aromatic amines is 1. The molecule has 1 fully saturated rings. The third-order valence-corrected chi connectivity index (χ3v) is 13.3. The first kappa shape index (κ1) is 64.2. The maximum absolute atomic E-state index is 14.8. The maximum atomic E-state index is 14.8. The molecule has 2 heterocycles. The number of hydrogen-bond acceptors (Lipinski definition) is 15. The molecule has 1 unspecified atom stereocenters. The number of phenols is 2. The van der Waals surface area contributed by atoms with E-state index in [4.69, 9.17) is 16.0 Å². The van der Waals surface area contributed by atoms with Crippen LogP contribution in [0.4, 0.5) is 0 Å². The molecule has 1 aliphatic heterocycles. The Hall–Kier alpha value is -8.58. The number of aliphatic carboxylic acids is 1. The van der Waals surface area contributed by atoms with Crippen LogP contribution in [0.25, 0.3) is 10.9 Å². The van der Waals surface area contributed by atoms with E-state index in [1.54, 1.807) is 27.0 Å². The first-order valence-corrected chi connectivity index (χ1v) is 27.1. The summed E-state index contributed by atoms with van der Waals surface area (Å²) in [7, 11) is 0. The summed E-state index contributed by atoms with van der Waals surface area (Å²) < 4.78 is 0. The number of nitrogens with one attached hydrogen (secondary N) is 11. The normalized spacial score (nSPS) is 20.0. The lowest BCUT2D eigenvalue weighted by molar-refractivity contribution is -0.153. The third-order valence-electron chi connectivity index (χ3n) is 13.3. The number of rotatable bonds is 18. The highest BCUT2D eigenvalue weighted by Gasteiger charge is 2.38. The highest BCUT2D eigenvalue weighted by atomic mass is 16.7. The van der Waals surface area contributed by atoms with Crippen LogP contribution in [0.3, 0.4) is 0 Å². The molecule has 0 aliphatic carbocycles. The number of aromatic hydroxyl groups is 2. The van der Waals surface area contributed by atoms with Crippen molar-refractivity contribution in [1.82, 2.24) is 53.0 Å². The number of phenolic OH excluding ortho intramolecular Hbond substituents is 2. The number of amides is 6. The number of fused-ring (bicyclic) bond motifs is 1. The lowest BCUT2D eigenvalue weighted by atomic mass is 9.85. The zero-order chi connectivity index (χ0) is 60.3. The van der Waals surface area contributed by atoms with Gasteiger partial charge in [0.05, 0.1) is 24.9 Å². The Balaban J connectivity index is 1.56. The van der Waals surface area contributed by atoms with Crippen molar-refractivity contribution in [2.75, 3.05) is 13.1 Å². The van der Waals surface area contributed by atoms with Gasteiger partial charge >= 0.3 is 11.9 Å². The number of carbonyl (C=O) groups is 9. The van der Waals surface area contributed by atoms with Gasteiger partial charge < -0.3 is 73.4 Å². The summed E-state index contributed by atoms with van der Waals surface area (Å²) in [4.78, 5) is 135. The Kier molecular flexibility index (Phi) is 23.3. The Morgan fingerprint density at radius 2 is 1.33 bits per heavy atom. The largest absolute Gasteiger partial charge is 0.508 e. The van der Waals surface area contributed by atoms with Crippen molar-refractivity contribution in [1.29, 1.82) is 5.41 Å². The number of carboxylic acids is 1. The number of guanidine groups is 1. The van der Waals surface area contributed by atoms with Crippen molar-refractivity contribution in [2.45, 2.75) is 154 Å². The van der Waals surface area contributed by atoms with Gasteiger partial charge in [-0.2, -0.15) is 5.48 Å². The standard InChI is InChI=1S/C57H78N12O13/c1-56(2,3)48(75)41(29-46(72)73)65-49(76)39-14-9-10-25-62-82-47(74)30-44(68-54(81)45(69-57(4,5)6)28-34-31-61-38-13-8-7-12-37(34)38)53(80)64-40(15-11-24-60-55(58)59)50(77)66-43(27-33-18-22-36(71)23-19-33)52(79)67-42(51(78)63-39)26-32-16-20-35(70)21-17-32/h7-8,12-13,16-23,31,39-45,61-62,69-71H,9-11,14-15,24-30H2,1-6H3,(H,63,78)(H,64,80)(H,65,76)(H,66,77)(H,67,79)(H,68,81)(H,72,73)(H4,58,59,60)/t39?,40-,41-,42-,43-,44-,45-/m0/s1.